The molecule has 0 radical (unpaired) electrons. The fourth-order valence-corrected chi connectivity index (χ4v) is 4.94. The number of fused-ring (bicyclic) bond motifs is 2. The van der Waals surface area contributed by atoms with Gasteiger partial charge in [0, 0.05) is 17.1 Å². The second-order valence-corrected chi connectivity index (χ2v) is 9.04. The van der Waals surface area contributed by atoms with Gasteiger partial charge in [-0.15, -0.1) is 0 Å². The fraction of sp³-hybridized carbons (Fsp3) is 0.417. The second-order valence-electron chi connectivity index (χ2n) is 8.60. The van der Waals surface area contributed by atoms with Gasteiger partial charge < -0.3 is 15.3 Å². The van der Waals surface area contributed by atoms with E-state index in [9.17, 15) is 14.7 Å². The first-order valence-corrected chi connectivity index (χ1v) is 10.8. The van der Waals surface area contributed by atoms with E-state index in [1.165, 1.54) is 0 Å². The molecule has 2 aliphatic rings. The van der Waals surface area contributed by atoms with Crippen molar-refractivity contribution in [3.8, 4) is 0 Å². The molecule has 0 spiro atoms. The Morgan fingerprint density at radius 2 is 1.83 bits per heavy atom. The van der Waals surface area contributed by atoms with E-state index < -0.39 is 5.60 Å². The Morgan fingerprint density at radius 3 is 2.53 bits per heavy atom. The van der Waals surface area contributed by atoms with Crippen molar-refractivity contribution in [3.63, 3.8) is 0 Å². The van der Waals surface area contributed by atoms with Gasteiger partial charge in [0.1, 0.15) is 5.60 Å². The maximum absolute atomic E-state index is 13.0. The van der Waals surface area contributed by atoms with Crippen LogP contribution in [0.25, 0.3) is 0 Å². The van der Waals surface area contributed by atoms with Gasteiger partial charge in [0.15, 0.2) is 0 Å². The number of hydrogen-bond donors (Lipinski definition) is 2. The van der Waals surface area contributed by atoms with Crippen molar-refractivity contribution in [3.05, 3.63) is 70.7 Å². The fourth-order valence-electron chi connectivity index (χ4n) is 4.82. The molecule has 2 saturated heterocycles. The quantitative estimate of drug-likeness (QED) is 0.744. The van der Waals surface area contributed by atoms with Crippen LogP contribution >= 0.6 is 11.6 Å². The van der Waals surface area contributed by atoms with Crippen LogP contribution in [-0.2, 0) is 21.6 Å². The van der Waals surface area contributed by atoms with E-state index >= 15 is 0 Å². The summed E-state index contributed by atoms with van der Waals surface area (Å²) in [6.45, 7) is 1.84. The molecule has 2 aromatic rings. The molecule has 2 bridgehead atoms. The third-order valence-corrected chi connectivity index (χ3v) is 6.68. The minimum absolute atomic E-state index is 0.0588. The number of amides is 2. The van der Waals surface area contributed by atoms with Gasteiger partial charge in [-0.05, 0) is 49.4 Å². The number of aliphatic hydroxyl groups is 1. The number of rotatable bonds is 6. The van der Waals surface area contributed by atoms with Gasteiger partial charge in [-0.3, -0.25) is 9.59 Å². The highest BCUT2D eigenvalue weighted by Gasteiger charge is 2.51. The van der Waals surface area contributed by atoms with Gasteiger partial charge in [-0.2, -0.15) is 0 Å². The lowest BCUT2D eigenvalue weighted by Crippen LogP contribution is -2.45. The van der Waals surface area contributed by atoms with E-state index in [0.717, 1.165) is 24.0 Å². The van der Waals surface area contributed by atoms with Crippen LogP contribution in [-0.4, -0.2) is 40.4 Å². The third kappa shape index (κ3) is 4.23. The number of hydrogen-bond acceptors (Lipinski definition) is 3. The first-order valence-electron chi connectivity index (χ1n) is 10.5. The molecule has 2 aromatic carbocycles. The lowest BCUT2D eigenvalue weighted by molar-refractivity contribution is -0.132. The maximum atomic E-state index is 13.0. The summed E-state index contributed by atoms with van der Waals surface area (Å²) in [4.78, 5) is 27.8. The summed E-state index contributed by atoms with van der Waals surface area (Å²) in [5.41, 5.74) is 0.548. The molecule has 0 aliphatic carbocycles. The van der Waals surface area contributed by atoms with E-state index in [0.29, 0.717) is 17.9 Å². The van der Waals surface area contributed by atoms with Crippen LogP contribution < -0.4 is 5.32 Å². The van der Waals surface area contributed by atoms with E-state index in [2.05, 4.69) is 5.32 Å². The van der Waals surface area contributed by atoms with Crippen molar-refractivity contribution in [2.75, 3.05) is 6.54 Å². The Labute approximate surface area is 182 Å². The molecule has 6 heteroatoms. The molecule has 5 nitrogen and oxygen atoms in total. The maximum Gasteiger partial charge on any atom is 0.227 e. The highest BCUT2D eigenvalue weighted by Crippen LogP contribution is 2.42. The molecule has 158 valence electrons. The Kier molecular flexibility index (Phi) is 5.85. The van der Waals surface area contributed by atoms with Crippen molar-refractivity contribution in [1.29, 1.82) is 0 Å². The van der Waals surface area contributed by atoms with Gasteiger partial charge in [0.05, 0.1) is 18.9 Å². The second kappa shape index (κ2) is 8.40. The largest absolute Gasteiger partial charge is 0.384 e. The Balaban J connectivity index is 1.37. The van der Waals surface area contributed by atoms with Crippen LogP contribution in [0.2, 0.25) is 5.02 Å². The van der Waals surface area contributed by atoms with E-state index in [4.69, 9.17) is 11.6 Å². The van der Waals surface area contributed by atoms with Crippen molar-refractivity contribution < 1.29 is 14.7 Å². The van der Waals surface area contributed by atoms with Crippen molar-refractivity contribution in [2.24, 2.45) is 5.92 Å². The van der Waals surface area contributed by atoms with Crippen LogP contribution in [0.15, 0.2) is 54.6 Å². The van der Waals surface area contributed by atoms with E-state index in [1.54, 1.807) is 19.1 Å². The molecule has 4 rings (SSSR count). The molecule has 2 N–H and O–H groups in total. The molecule has 1 unspecified atom stereocenters. The molecule has 4 atom stereocenters. The van der Waals surface area contributed by atoms with Gasteiger partial charge in [0.25, 0.3) is 0 Å². The lowest BCUT2D eigenvalue weighted by Gasteiger charge is -2.27. The van der Waals surface area contributed by atoms with E-state index in [-0.39, 0.29) is 36.4 Å². The zero-order valence-corrected chi connectivity index (χ0v) is 17.8. The minimum atomic E-state index is -1.14. The number of nitrogens with zero attached hydrogens (tertiary/aromatic N) is 1. The lowest BCUT2D eigenvalue weighted by atomic mass is 9.88. The number of halogens is 1. The number of nitrogens with one attached hydrogen (secondary N) is 1. The van der Waals surface area contributed by atoms with Crippen molar-refractivity contribution in [1.82, 2.24) is 10.2 Å². The number of carbonyl (C=O) groups excluding carboxylic acids is 2. The summed E-state index contributed by atoms with van der Waals surface area (Å²) in [6.07, 6.45) is 2.81. The Morgan fingerprint density at radius 1 is 1.13 bits per heavy atom. The van der Waals surface area contributed by atoms with Crippen LogP contribution in [0.3, 0.4) is 0 Å². The van der Waals surface area contributed by atoms with Gasteiger partial charge in [-0.25, -0.2) is 0 Å². The zero-order valence-electron chi connectivity index (χ0n) is 17.1. The molecule has 2 fully saturated rings. The topological polar surface area (TPSA) is 69.6 Å². The average molecular weight is 427 g/mol. The molecular weight excluding hydrogens is 400 g/mol. The highest BCUT2D eigenvalue weighted by atomic mass is 35.5. The highest BCUT2D eigenvalue weighted by molar-refractivity contribution is 6.30. The predicted octanol–water partition coefficient (Wildman–Crippen LogP) is 3.29. The third-order valence-electron chi connectivity index (χ3n) is 6.43. The molecule has 2 amide bonds. The van der Waals surface area contributed by atoms with E-state index in [1.807, 2.05) is 47.4 Å². The van der Waals surface area contributed by atoms with Gasteiger partial charge in [-0.1, -0.05) is 54.1 Å². The molecular formula is C24H27ClN2O3. The zero-order chi connectivity index (χ0) is 21.3. The first kappa shape index (κ1) is 20.9. The molecule has 0 aromatic heterocycles. The van der Waals surface area contributed by atoms with Crippen molar-refractivity contribution >= 4 is 23.4 Å². The van der Waals surface area contributed by atoms with Crippen LogP contribution in [0.5, 0.6) is 0 Å². The van der Waals surface area contributed by atoms with Gasteiger partial charge in [0.2, 0.25) is 11.8 Å². The molecule has 2 aliphatic heterocycles. The summed E-state index contributed by atoms with van der Waals surface area (Å²) in [7, 11) is 0. The number of benzene rings is 2. The monoisotopic (exact) mass is 426 g/mol. The summed E-state index contributed by atoms with van der Waals surface area (Å²) >= 11 is 5.93. The summed E-state index contributed by atoms with van der Waals surface area (Å²) in [5, 5.41) is 14.3. The predicted molar refractivity (Wildman–Crippen MR) is 116 cm³/mol. The number of carbonyl (C=O) groups is 2. The standard InChI is InChI=1S/C24H27ClN2O3/c1-24(30,17-5-3-2-4-6-17)15-26-23(29)20-14-19-11-12-21(20)27(19)22(28)13-16-7-9-18(25)10-8-16/h2-10,19-21,30H,11-15H2,1H3,(H,26,29)/t19-,20-,21-,24?/m1/s1. The molecule has 30 heavy (non-hydrogen) atoms. The average Bonchev–Trinajstić information content (AvgIpc) is 3.33. The summed E-state index contributed by atoms with van der Waals surface area (Å²) < 4.78 is 0. The van der Waals surface area contributed by atoms with Crippen LogP contribution in [0.1, 0.15) is 37.3 Å². The first-order chi connectivity index (χ1) is 14.3. The summed E-state index contributed by atoms with van der Waals surface area (Å²) in [6, 6.07) is 16.7. The normalized spacial score (nSPS) is 24.5. The molecule has 0 saturated carbocycles. The smallest absolute Gasteiger partial charge is 0.227 e. The molecule has 2 heterocycles. The summed E-state index contributed by atoms with van der Waals surface area (Å²) in [5.74, 6) is -0.233. The Bertz CT molecular complexity index is 914. The SMILES string of the molecule is CC(O)(CNC(=O)[C@@H]1C[C@H]2CC[C@H]1N2C(=O)Cc1ccc(Cl)cc1)c1ccccc1. The van der Waals surface area contributed by atoms with Gasteiger partial charge >= 0.3 is 0 Å². The van der Waals surface area contributed by atoms with Crippen LogP contribution in [0, 0.1) is 5.92 Å². The Hall–Kier alpha value is -2.37. The van der Waals surface area contributed by atoms with Crippen molar-refractivity contribution in [2.45, 2.75) is 50.3 Å². The minimum Gasteiger partial charge on any atom is -0.384 e. The van der Waals surface area contributed by atoms with Crippen LogP contribution in [0.4, 0.5) is 0 Å².